The first-order chi connectivity index (χ1) is 18.2. The minimum atomic E-state index is -4.08. The number of non-ortho nitro benzene ring substituents is 1. The first-order valence-corrected chi connectivity index (χ1v) is 13.1. The van der Waals surface area contributed by atoms with Gasteiger partial charge in [-0.1, -0.05) is 47.6 Å². The second kappa shape index (κ2) is 11.5. The Bertz CT molecular complexity index is 1430. The van der Waals surface area contributed by atoms with Crippen LogP contribution in [0.2, 0.25) is 0 Å². The second-order valence-corrected chi connectivity index (χ2v) is 10.5. The minimum Gasteiger partial charge on any atom is -0.399 e. The molecule has 1 unspecified atom stereocenters. The van der Waals surface area contributed by atoms with Crippen LogP contribution in [0.25, 0.3) is 11.1 Å². The molecule has 3 aromatic rings. The molecular weight excluding hydrogens is 512 g/mol. The number of sulfonamides is 1. The van der Waals surface area contributed by atoms with E-state index < -0.39 is 33.0 Å². The fourth-order valence-electron chi connectivity index (χ4n) is 4.19. The van der Waals surface area contributed by atoms with Gasteiger partial charge in [0, 0.05) is 25.1 Å². The van der Waals surface area contributed by atoms with Crippen molar-refractivity contribution in [2.24, 2.45) is 5.16 Å². The average molecular weight is 539 g/mol. The van der Waals surface area contributed by atoms with Crippen molar-refractivity contribution in [1.82, 2.24) is 9.62 Å². The number of rotatable bonds is 9. The van der Waals surface area contributed by atoms with E-state index in [9.17, 15) is 28.4 Å². The van der Waals surface area contributed by atoms with Crippen LogP contribution in [0.3, 0.4) is 0 Å². The van der Waals surface area contributed by atoms with Gasteiger partial charge in [-0.25, -0.2) is 8.42 Å². The summed E-state index contributed by atoms with van der Waals surface area (Å²) >= 11 is 0. The predicted octanol–water partition coefficient (Wildman–Crippen LogP) is 2.88. The van der Waals surface area contributed by atoms with E-state index in [0.717, 1.165) is 15.4 Å². The number of aliphatic hydroxyl groups excluding tert-OH is 1. The molecule has 1 amide bonds. The average Bonchev–Trinajstić information content (AvgIpc) is 3.37. The predicted molar refractivity (Wildman–Crippen MR) is 140 cm³/mol. The highest BCUT2D eigenvalue weighted by molar-refractivity contribution is 7.89. The van der Waals surface area contributed by atoms with Crippen molar-refractivity contribution in [2.45, 2.75) is 23.5 Å². The Morgan fingerprint density at radius 1 is 1.11 bits per heavy atom. The summed E-state index contributed by atoms with van der Waals surface area (Å²) in [6.07, 6.45) is -1.13. The summed E-state index contributed by atoms with van der Waals surface area (Å²) in [6, 6.07) is 20.1. The first-order valence-electron chi connectivity index (χ1n) is 11.7. The van der Waals surface area contributed by atoms with Crippen molar-refractivity contribution in [1.29, 1.82) is 0 Å². The van der Waals surface area contributed by atoms with Gasteiger partial charge in [0.1, 0.15) is 13.2 Å². The van der Waals surface area contributed by atoms with E-state index >= 15 is 0 Å². The molecule has 4 rings (SSSR count). The quantitative estimate of drug-likeness (QED) is 0.314. The van der Waals surface area contributed by atoms with Gasteiger partial charge in [-0.15, -0.1) is 0 Å². The van der Waals surface area contributed by atoms with E-state index in [4.69, 9.17) is 4.84 Å². The smallest absolute Gasteiger partial charge is 0.269 e. The Balaban J connectivity index is 1.50. The zero-order valence-electron chi connectivity index (χ0n) is 20.4. The molecule has 0 bridgehead atoms. The van der Waals surface area contributed by atoms with Crippen LogP contribution in [-0.4, -0.2) is 60.6 Å². The summed E-state index contributed by atoms with van der Waals surface area (Å²) in [7, 11) is -2.74. The fraction of sp³-hybridized carbons (Fsp3) is 0.231. The number of nitro benzene ring substituents is 1. The molecule has 0 radical (unpaired) electrons. The molecule has 1 aliphatic rings. The molecule has 3 aromatic carbocycles. The van der Waals surface area contributed by atoms with E-state index in [0.29, 0.717) is 11.3 Å². The third-order valence-corrected chi connectivity index (χ3v) is 8.03. The lowest BCUT2D eigenvalue weighted by Gasteiger charge is -2.23. The van der Waals surface area contributed by atoms with Gasteiger partial charge in [0.15, 0.2) is 0 Å². The Morgan fingerprint density at radius 2 is 1.74 bits per heavy atom. The lowest BCUT2D eigenvalue weighted by atomic mass is 10.1. The maximum atomic E-state index is 13.5. The van der Waals surface area contributed by atoms with Crippen molar-refractivity contribution >= 4 is 27.3 Å². The Hall–Kier alpha value is -4.13. The van der Waals surface area contributed by atoms with Crippen LogP contribution < -0.4 is 5.32 Å². The van der Waals surface area contributed by atoms with Crippen LogP contribution in [0.1, 0.15) is 18.1 Å². The van der Waals surface area contributed by atoms with Crippen LogP contribution in [0.15, 0.2) is 88.9 Å². The number of nitro groups is 1. The van der Waals surface area contributed by atoms with Crippen LogP contribution in [-0.2, 0) is 19.7 Å². The summed E-state index contributed by atoms with van der Waals surface area (Å²) in [6.45, 7) is -0.344. The number of hydrogen-bond acceptors (Lipinski definition) is 8. The zero-order valence-corrected chi connectivity index (χ0v) is 21.2. The summed E-state index contributed by atoms with van der Waals surface area (Å²) in [5.41, 5.74) is 2.41. The lowest BCUT2D eigenvalue weighted by Crippen LogP contribution is -2.46. The number of carbonyl (C=O) groups excluding carboxylic acids is 1. The Kier molecular flexibility index (Phi) is 8.15. The van der Waals surface area contributed by atoms with E-state index in [1.165, 1.54) is 43.5 Å². The van der Waals surface area contributed by atoms with Crippen LogP contribution in [0.4, 0.5) is 5.69 Å². The van der Waals surface area contributed by atoms with Gasteiger partial charge < -0.3 is 15.3 Å². The number of oxime groups is 1. The van der Waals surface area contributed by atoms with Crippen LogP contribution >= 0.6 is 0 Å². The van der Waals surface area contributed by atoms with Gasteiger partial charge >= 0.3 is 0 Å². The Morgan fingerprint density at radius 3 is 2.34 bits per heavy atom. The van der Waals surface area contributed by atoms with Gasteiger partial charge in [-0.2, -0.15) is 4.31 Å². The molecule has 12 heteroatoms. The van der Waals surface area contributed by atoms with Crippen molar-refractivity contribution in [3.63, 3.8) is 0 Å². The third kappa shape index (κ3) is 5.88. The summed E-state index contributed by atoms with van der Waals surface area (Å²) < 4.78 is 28.1. The molecule has 1 heterocycles. The first kappa shape index (κ1) is 26.9. The van der Waals surface area contributed by atoms with Gasteiger partial charge in [0.2, 0.25) is 15.9 Å². The maximum absolute atomic E-state index is 13.5. The SMILES string of the molecule is CON=C1C[C@@H](C(=O)NCC(O)c2ccc([N+](=O)[O-])cc2)N(S(=O)(=O)c2ccc(-c3ccccc3)cc2)C1. The maximum Gasteiger partial charge on any atom is 0.269 e. The monoisotopic (exact) mass is 538 g/mol. The van der Waals surface area contributed by atoms with Gasteiger partial charge in [-0.3, -0.25) is 14.9 Å². The van der Waals surface area contributed by atoms with E-state index in [1.54, 1.807) is 12.1 Å². The van der Waals surface area contributed by atoms with Crippen LogP contribution in [0.5, 0.6) is 0 Å². The summed E-state index contributed by atoms with van der Waals surface area (Å²) in [4.78, 5) is 28.2. The van der Waals surface area contributed by atoms with Crippen LogP contribution in [0, 0.1) is 10.1 Å². The molecule has 1 aliphatic heterocycles. The molecule has 1 fully saturated rings. The molecule has 0 spiro atoms. The number of benzene rings is 3. The van der Waals surface area contributed by atoms with Crippen molar-refractivity contribution in [3.8, 4) is 11.1 Å². The largest absolute Gasteiger partial charge is 0.399 e. The van der Waals surface area contributed by atoms with Gasteiger partial charge in [-0.05, 0) is 41.0 Å². The highest BCUT2D eigenvalue weighted by Gasteiger charge is 2.43. The fourth-order valence-corrected chi connectivity index (χ4v) is 5.76. The second-order valence-electron chi connectivity index (χ2n) is 8.61. The van der Waals surface area contributed by atoms with E-state index in [-0.39, 0.29) is 30.1 Å². The molecule has 1 saturated heterocycles. The highest BCUT2D eigenvalue weighted by atomic mass is 32.2. The number of nitrogens with one attached hydrogen (secondary N) is 1. The van der Waals surface area contributed by atoms with E-state index in [1.807, 2.05) is 30.3 Å². The number of aliphatic hydroxyl groups is 1. The van der Waals surface area contributed by atoms with Crippen molar-refractivity contribution in [3.05, 3.63) is 94.5 Å². The number of carbonyl (C=O) groups is 1. The Labute approximate surface area is 219 Å². The lowest BCUT2D eigenvalue weighted by molar-refractivity contribution is -0.384. The number of amides is 1. The molecule has 11 nitrogen and oxygen atoms in total. The summed E-state index contributed by atoms with van der Waals surface area (Å²) in [5, 5.41) is 27.7. The van der Waals surface area contributed by atoms with Gasteiger partial charge in [0.25, 0.3) is 5.69 Å². The topological polar surface area (TPSA) is 151 Å². The molecule has 0 aliphatic carbocycles. The van der Waals surface area contributed by atoms with E-state index in [2.05, 4.69) is 10.5 Å². The number of hydrogen-bond donors (Lipinski definition) is 2. The molecule has 0 saturated carbocycles. The highest BCUT2D eigenvalue weighted by Crippen LogP contribution is 2.28. The molecule has 2 N–H and O–H groups in total. The molecule has 38 heavy (non-hydrogen) atoms. The normalized spacial score (nSPS) is 17.7. The standard InChI is InChI=1S/C26H26N4O7S/c1-37-28-21-15-24(26(32)27-16-25(31)20-7-11-22(12-8-20)30(33)34)29(17-21)38(35,36)23-13-9-19(10-14-23)18-5-3-2-4-6-18/h2-14,24-25,31H,15-17H2,1H3,(H,27,32)/t24-,25?/m0/s1. The molecule has 0 aromatic heterocycles. The van der Waals surface area contributed by atoms with Crippen molar-refractivity contribution < 1.29 is 28.1 Å². The number of nitrogens with zero attached hydrogens (tertiary/aromatic N) is 3. The molecule has 198 valence electrons. The summed E-state index contributed by atoms with van der Waals surface area (Å²) in [5.74, 6) is -0.614. The zero-order chi connectivity index (χ0) is 27.3. The van der Waals surface area contributed by atoms with Gasteiger partial charge in [0.05, 0.1) is 28.2 Å². The molecule has 2 atom stereocenters. The van der Waals surface area contributed by atoms with Crippen molar-refractivity contribution in [2.75, 3.05) is 20.2 Å². The minimum absolute atomic E-state index is 0.0224. The molecular formula is C26H26N4O7S. The third-order valence-electron chi connectivity index (χ3n) is 6.16.